The minimum absolute atomic E-state index is 1.20. The molecule has 0 N–H and O–H groups in total. The first-order valence-electron chi connectivity index (χ1n) is 8.87. The van der Waals surface area contributed by atoms with Gasteiger partial charge in [0.1, 0.15) is 0 Å². The Morgan fingerprint density at radius 3 is 2.17 bits per heavy atom. The zero-order chi connectivity index (χ0) is 16.1. The van der Waals surface area contributed by atoms with Crippen molar-refractivity contribution in [1.82, 2.24) is 0 Å². The summed E-state index contributed by atoms with van der Waals surface area (Å²) >= 11 is 0. The van der Waals surface area contributed by atoms with Gasteiger partial charge in [-0.1, -0.05) is 86.8 Å². The molecule has 0 aromatic heterocycles. The van der Waals surface area contributed by atoms with Crippen molar-refractivity contribution in [1.29, 1.82) is 0 Å². The summed E-state index contributed by atoms with van der Waals surface area (Å²) in [6, 6.07) is 22.4. The first kappa shape index (κ1) is 15.8. The van der Waals surface area contributed by atoms with Crippen LogP contribution >= 0.6 is 0 Å². The third-order valence-electron chi connectivity index (χ3n) is 4.73. The summed E-state index contributed by atoms with van der Waals surface area (Å²) in [5.74, 6) is 0. The summed E-state index contributed by atoms with van der Waals surface area (Å²) in [6.07, 6.45) is 6.52. The maximum atomic E-state index is 2.30. The molecule has 0 fully saturated rings. The highest BCUT2D eigenvalue weighted by Crippen LogP contribution is 2.30. The van der Waals surface area contributed by atoms with Crippen molar-refractivity contribution in [2.75, 3.05) is 0 Å². The van der Waals surface area contributed by atoms with E-state index in [0.29, 0.717) is 0 Å². The fourth-order valence-corrected chi connectivity index (χ4v) is 3.31. The number of unbranched alkanes of at least 4 members (excludes halogenated alkanes) is 3. The van der Waals surface area contributed by atoms with Crippen LogP contribution in [-0.2, 0) is 6.42 Å². The van der Waals surface area contributed by atoms with E-state index >= 15 is 0 Å². The molecule has 0 heteroatoms. The monoisotopic (exact) mass is 302 g/mol. The van der Waals surface area contributed by atoms with E-state index in [2.05, 4.69) is 74.5 Å². The number of fused-ring (bicyclic) bond motifs is 1. The van der Waals surface area contributed by atoms with Gasteiger partial charge in [-0.15, -0.1) is 0 Å². The van der Waals surface area contributed by atoms with Crippen molar-refractivity contribution in [2.45, 2.75) is 46.0 Å². The molecular formula is C23H26. The summed E-state index contributed by atoms with van der Waals surface area (Å²) in [6.45, 7) is 4.45. The number of aryl methyl sites for hydroxylation is 2. The lowest BCUT2D eigenvalue weighted by molar-refractivity contribution is 0.667. The molecule has 23 heavy (non-hydrogen) atoms. The summed E-state index contributed by atoms with van der Waals surface area (Å²) < 4.78 is 0. The molecular weight excluding hydrogens is 276 g/mol. The van der Waals surface area contributed by atoms with Crippen LogP contribution in [0.15, 0.2) is 60.7 Å². The van der Waals surface area contributed by atoms with E-state index in [4.69, 9.17) is 0 Å². The normalized spacial score (nSPS) is 11.0. The lowest BCUT2D eigenvalue weighted by atomic mass is 9.94. The Balaban J connectivity index is 1.84. The van der Waals surface area contributed by atoms with Crippen LogP contribution in [0.3, 0.4) is 0 Å². The van der Waals surface area contributed by atoms with E-state index in [1.165, 1.54) is 65.1 Å². The van der Waals surface area contributed by atoms with E-state index in [9.17, 15) is 0 Å². The summed E-state index contributed by atoms with van der Waals surface area (Å²) in [4.78, 5) is 0. The lowest BCUT2D eigenvalue weighted by Gasteiger charge is -2.10. The third kappa shape index (κ3) is 3.64. The highest BCUT2D eigenvalue weighted by molar-refractivity contribution is 5.98. The van der Waals surface area contributed by atoms with Gasteiger partial charge in [0, 0.05) is 0 Å². The summed E-state index contributed by atoms with van der Waals surface area (Å²) in [7, 11) is 0. The Bertz CT molecular complexity index is 766. The van der Waals surface area contributed by atoms with Crippen molar-refractivity contribution in [3.8, 4) is 11.1 Å². The van der Waals surface area contributed by atoms with E-state index < -0.39 is 0 Å². The van der Waals surface area contributed by atoms with E-state index in [1.54, 1.807) is 0 Å². The molecule has 0 nitrogen and oxygen atoms in total. The molecule has 0 atom stereocenters. The molecule has 0 bridgehead atoms. The Labute approximate surface area is 140 Å². The zero-order valence-corrected chi connectivity index (χ0v) is 14.3. The van der Waals surface area contributed by atoms with Gasteiger partial charge >= 0.3 is 0 Å². The van der Waals surface area contributed by atoms with Crippen molar-refractivity contribution in [2.24, 2.45) is 0 Å². The third-order valence-corrected chi connectivity index (χ3v) is 4.73. The SMILES string of the molecule is CCCCCCc1ccc(-c2ccc(C)c3ccccc23)cc1. The van der Waals surface area contributed by atoms with Gasteiger partial charge in [0.2, 0.25) is 0 Å². The quantitative estimate of drug-likeness (QED) is 0.433. The molecule has 0 saturated carbocycles. The molecule has 0 aliphatic heterocycles. The van der Waals surface area contributed by atoms with E-state index in [-0.39, 0.29) is 0 Å². The first-order chi connectivity index (χ1) is 11.3. The molecule has 3 aromatic carbocycles. The van der Waals surface area contributed by atoms with Crippen LogP contribution in [-0.4, -0.2) is 0 Å². The van der Waals surface area contributed by atoms with Gasteiger partial charge in [0.05, 0.1) is 0 Å². The molecule has 0 radical (unpaired) electrons. The van der Waals surface area contributed by atoms with Crippen molar-refractivity contribution in [3.05, 3.63) is 71.8 Å². The van der Waals surface area contributed by atoms with Crippen LogP contribution in [0.1, 0.15) is 43.7 Å². The Morgan fingerprint density at radius 2 is 1.43 bits per heavy atom. The number of hydrogen-bond acceptors (Lipinski definition) is 0. The van der Waals surface area contributed by atoms with Gasteiger partial charge in [0.15, 0.2) is 0 Å². The number of rotatable bonds is 6. The fraction of sp³-hybridized carbons (Fsp3) is 0.304. The van der Waals surface area contributed by atoms with Crippen molar-refractivity contribution < 1.29 is 0 Å². The smallest absolute Gasteiger partial charge is 0.0103 e. The summed E-state index contributed by atoms with van der Waals surface area (Å²) in [5, 5.41) is 2.71. The minimum Gasteiger partial charge on any atom is -0.0654 e. The molecule has 0 aliphatic carbocycles. The Morgan fingerprint density at radius 1 is 0.696 bits per heavy atom. The van der Waals surface area contributed by atoms with Gasteiger partial charge in [-0.2, -0.15) is 0 Å². The standard InChI is InChI=1S/C23H26/c1-3-4-5-6-9-19-13-15-20(16-14-19)22-17-12-18(2)21-10-7-8-11-23(21)22/h7-8,10-17H,3-6,9H2,1-2H3. The second kappa shape index (κ2) is 7.46. The van der Waals surface area contributed by atoms with E-state index in [0.717, 1.165) is 0 Å². The van der Waals surface area contributed by atoms with Gasteiger partial charge in [-0.25, -0.2) is 0 Å². The minimum atomic E-state index is 1.20. The largest absolute Gasteiger partial charge is 0.0654 e. The van der Waals surface area contributed by atoms with Crippen molar-refractivity contribution >= 4 is 10.8 Å². The van der Waals surface area contributed by atoms with Crippen LogP contribution in [0.2, 0.25) is 0 Å². The molecule has 3 rings (SSSR count). The molecule has 0 aliphatic rings. The van der Waals surface area contributed by atoms with Crippen LogP contribution in [0.4, 0.5) is 0 Å². The van der Waals surface area contributed by atoms with Gasteiger partial charge in [-0.3, -0.25) is 0 Å². The van der Waals surface area contributed by atoms with Crippen LogP contribution < -0.4 is 0 Å². The average molecular weight is 302 g/mol. The molecule has 0 saturated heterocycles. The highest BCUT2D eigenvalue weighted by Gasteiger charge is 2.05. The molecule has 118 valence electrons. The molecule has 0 unspecified atom stereocenters. The van der Waals surface area contributed by atoms with Crippen LogP contribution in [0, 0.1) is 6.92 Å². The molecule has 0 heterocycles. The topological polar surface area (TPSA) is 0 Å². The lowest BCUT2D eigenvalue weighted by Crippen LogP contribution is -1.88. The number of benzene rings is 3. The molecule has 3 aromatic rings. The van der Waals surface area contributed by atoms with Gasteiger partial charge in [-0.05, 0) is 52.8 Å². The zero-order valence-electron chi connectivity index (χ0n) is 14.3. The van der Waals surface area contributed by atoms with E-state index in [1.807, 2.05) is 0 Å². The van der Waals surface area contributed by atoms with Crippen LogP contribution in [0.5, 0.6) is 0 Å². The highest BCUT2D eigenvalue weighted by atomic mass is 14.1. The Hall–Kier alpha value is -2.08. The molecule has 0 spiro atoms. The molecule has 0 amide bonds. The second-order valence-corrected chi connectivity index (χ2v) is 6.48. The summed E-state index contributed by atoms with van der Waals surface area (Å²) in [5.41, 5.74) is 5.46. The predicted molar refractivity (Wildman–Crippen MR) is 102 cm³/mol. The Kier molecular flexibility index (Phi) is 5.12. The predicted octanol–water partition coefficient (Wildman–Crippen LogP) is 6.94. The maximum absolute atomic E-state index is 2.30. The van der Waals surface area contributed by atoms with Gasteiger partial charge in [0.25, 0.3) is 0 Å². The average Bonchev–Trinajstić information content (AvgIpc) is 2.60. The van der Waals surface area contributed by atoms with Gasteiger partial charge < -0.3 is 0 Å². The maximum Gasteiger partial charge on any atom is -0.0103 e. The number of hydrogen-bond donors (Lipinski definition) is 0. The fourth-order valence-electron chi connectivity index (χ4n) is 3.31. The van der Waals surface area contributed by atoms with Crippen LogP contribution in [0.25, 0.3) is 21.9 Å². The van der Waals surface area contributed by atoms with Crippen molar-refractivity contribution in [3.63, 3.8) is 0 Å². The second-order valence-electron chi connectivity index (χ2n) is 6.48. The first-order valence-corrected chi connectivity index (χ1v) is 8.87.